The quantitative estimate of drug-likeness (QED) is 0.615. The van der Waals surface area contributed by atoms with Crippen molar-refractivity contribution in [2.75, 3.05) is 13.6 Å². The number of halogens is 1. The summed E-state index contributed by atoms with van der Waals surface area (Å²) in [6.45, 7) is 6.69. The van der Waals surface area contributed by atoms with Crippen LogP contribution < -0.4 is 5.32 Å². The van der Waals surface area contributed by atoms with Crippen molar-refractivity contribution >= 4 is 11.6 Å². The Morgan fingerprint density at radius 3 is 2.70 bits per heavy atom. The van der Waals surface area contributed by atoms with Gasteiger partial charge in [0.25, 0.3) is 0 Å². The number of hydrogen-bond donors (Lipinski definition) is 1. The Hall–Kier alpha value is -0.270. The van der Waals surface area contributed by atoms with Crippen LogP contribution in [0.2, 0.25) is 0 Å². The fraction of sp³-hybridized carbons (Fsp3) is 0.500. The maximum Gasteiger partial charge on any atom is 0.0854 e. The number of rotatable bonds is 3. The van der Waals surface area contributed by atoms with E-state index in [1.54, 1.807) is 0 Å². The Morgan fingerprint density at radius 1 is 1.90 bits per heavy atom. The Balaban J connectivity index is 2.40. The van der Waals surface area contributed by atoms with Crippen LogP contribution in [0.4, 0.5) is 0 Å². The second kappa shape index (κ2) is 2.40. The molecule has 1 aliphatic carbocycles. The van der Waals surface area contributed by atoms with Crippen molar-refractivity contribution in [1.29, 1.82) is 0 Å². The molecular formula is C8H12ClN. The third-order valence-corrected chi connectivity index (χ3v) is 1.94. The van der Waals surface area contributed by atoms with Gasteiger partial charge in [0.2, 0.25) is 0 Å². The average molecular weight is 158 g/mol. The largest absolute Gasteiger partial charge is 0.316 e. The van der Waals surface area contributed by atoms with E-state index in [-0.39, 0.29) is 4.87 Å². The van der Waals surface area contributed by atoms with Crippen molar-refractivity contribution < 1.29 is 0 Å². The van der Waals surface area contributed by atoms with E-state index in [0.29, 0.717) is 0 Å². The van der Waals surface area contributed by atoms with Gasteiger partial charge in [-0.3, -0.25) is 0 Å². The van der Waals surface area contributed by atoms with Crippen LogP contribution in [-0.2, 0) is 0 Å². The van der Waals surface area contributed by atoms with Crippen LogP contribution in [0.25, 0.3) is 0 Å². The molecule has 0 aromatic heterocycles. The summed E-state index contributed by atoms with van der Waals surface area (Å²) in [5.74, 6) is 0. The van der Waals surface area contributed by atoms with Crippen LogP contribution in [0.5, 0.6) is 0 Å². The van der Waals surface area contributed by atoms with Gasteiger partial charge in [-0.15, -0.1) is 11.6 Å². The molecule has 10 heavy (non-hydrogen) atoms. The van der Waals surface area contributed by atoms with Gasteiger partial charge in [0.15, 0.2) is 0 Å². The molecule has 0 saturated heterocycles. The molecule has 0 saturated carbocycles. The van der Waals surface area contributed by atoms with Crippen molar-refractivity contribution in [2.45, 2.75) is 11.8 Å². The molecule has 0 spiro atoms. The molecule has 0 aromatic rings. The Bertz CT molecular complexity index is 191. The van der Waals surface area contributed by atoms with Crippen LogP contribution in [0.1, 0.15) is 6.92 Å². The maximum atomic E-state index is 5.96. The zero-order valence-corrected chi connectivity index (χ0v) is 7.13. The fourth-order valence-electron chi connectivity index (χ4n) is 0.991. The smallest absolute Gasteiger partial charge is 0.0854 e. The van der Waals surface area contributed by atoms with Crippen LogP contribution in [0.15, 0.2) is 23.8 Å². The van der Waals surface area contributed by atoms with Crippen LogP contribution in [0, 0.1) is 0 Å². The average Bonchev–Trinajstić information content (AvgIpc) is 2.41. The SMILES string of the molecule is C=C(CNC)C1=CC1(C)Cl. The minimum atomic E-state index is -0.187. The van der Waals surface area contributed by atoms with Crippen molar-refractivity contribution in [3.05, 3.63) is 23.8 Å². The molecule has 0 aliphatic heterocycles. The summed E-state index contributed by atoms with van der Waals surface area (Å²) in [5, 5.41) is 3.03. The van der Waals surface area contributed by atoms with Crippen molar-refractivity contribution in [1.82, 2.24) is 5.32 Å². The molecule has 0 aromatic carbocycles. The van der Waals surface area contributed by atoms with E-state index in [0.717, 1.165) is 12.1 Å². The second-order valence-corrected chi connectivity index (χ2v) is 3.55. The molecule has 1 nitrogen and oxygen atoms in total. The third-order valence-electron chi connectivity index (χ3n) is 1.63. The summed E-state index contributed by atoms with van der Waals surface area (Å²) >= 11 is 5.96. The molecule has 2 heteroatoms. The van der Waals surface area contributed by atoms with Crippen LogP contribution >= 0.6 is 11.6 Å². The minimum absolute atomic E-state index is 0.187. The van der Waals surface area contributed by atoms with E-state index >= 15 is 0 Å². The summed E-state index contributed by atoms with van der Waals surface area (Å²) < 4.78 is 0. The Kier molecular flexibility index (Phi) is 1.88. The summed E-state index contributed by atoms with van der Waals surface area (Å²) in [6.07, 6.45) is 2.02. The molecule has 1 rings (SSSR count). The fourth-order valence-corrected chi connectivity index (χ4v) is 1.23. The first kappa shape index (κ1) is 7.83. The molecular weight excluding hydrogens is 146 g/mol. The molecule has 1 unspecified atom stereocenters. The highest BCUT2D eigenvalue weighted by Crippen LogP contribution is 2.44. The first-order chi connectivity index (χ1) is 4.58. The number of allylic oxidation sites excluding steroid dienone is 1. The monoisotopic (exact) mass is 157 g/mol. The second-order valence-electron chi connectivity index (χ2n) is 2.77. The van der Waals surface area contributed by atoms with Crippen LogP contribution in [0.3, 0.4) is 0 Å². The summed E-state index contributed by atoms with van der Waals surface area (Å²) in [6, 6.07) is 0. The van der Waals surface area contributed by atoms with E-state index in [2.05, 4.69) is 11.9 Å². The highest BCUT2D eigenvalue weighted by Gasteiger charge is 2.37. The van der Waals surface area contributed by atoms with Gasteiger partial charge < -0.3 is 5.32 Å². The first-order valence-electron chi connectivity index (χ1n) is 3.33. The predicted molar refractivity (Wildman–Crippen MR) is 45.4 cm³/mol. The summed E-state index contributed by atoms with van der Waals surface area (Å²) in [5.41, 5.74) is 2.28. The molecule has 1 N–H and O–H groups in total. The van der Waals surface area contributed by atoms with E-state index < -0.39 is 0 Å². The van der Waals surface area contributed by atoms with Crippen molar-refractivity contribution in [2.24, 2.45) is 0 Å². The van der Waals surface area contributed by atoms with Crippen LogP contribution in [-0.4, -0.2) is 18.5 Å². The lowest BCUT2D eigenvalue weighted by atomic mass is 10.2. The topological polar surface area (TPSA) is 12.0 Å². The van der Waals surface area contributed by atoms with Crippen molar-refractivity contribution in [3.8, 4) is 0 Å². The third kappa shape index (κ3) is 1.41. The zero-order valence-electron chi connectivity index (χ0n) is 6.37. The van der Waals surface area contributed by atoms with E-state index in [1.165, 1.54) is 5.57 Å². The molecule has 0 fully saturated rings. The first-order valence-corrected chi connectivity index (χ1v) is 3.70. The molecule has 1 atom stereocenters. The molecule has 0 heterocycles. The molecule has 0 radical (unpaired) electrons. The molecule has 1 aliphatic rings. The van der Waals surface area contributed by atoms with Gasteiger partial charge in [0.05, 0.1) is 4.87 Å². The lowest BCUT2D eigenvalue weighted by Gasteiger charge is -2.03. The minimum Gasteiger partial charge on any atom is -0.316 e. The Labute approximate surface area is 66.8 Å². The van der Waals surface area contributed by atoms with Gasteiger partial charge in [0, 0.05) is 6.54 Å². The van der Waals surface area contributed by atoms with Gasteiger partial charge in [-0.25, -0.2) is 0 Å². The predicted octanol–water partition coefficient (Wildman–Crippen LogP) is 1.70. The highest BCUT2D eigenvalue weighted by atomic mass is 35.5. The number of likely N-dealkylation sites (N-methyl/N-ethyl adjacent to an activating group) is 1. The summed E-state index contributed by atoms with van der Waals surface area (Å²) in [4.78, 5) is -0.187. The maximum absolute atomic E-state index is 5.96. The van der Waals surface area contributed by atoms with Gasteiger partial charge in [-0.05, 0) is 25.1 Å². The van der Waals surface area contributed by atoms with Gasteiger partial charge in [-0.2, -0.15) is 0 Å². The molecule has 0 bridgehead atoms. The normalized spacial score (nSPS) is 29.7. The number of hydrogen-bond acceptors (Lipinski definition) is 1. The van der Waals surface area contributed by atoms with E-state index in [1.807, 2.05) is 20.0 Å². The summed E-state index contributed by atoms with van der Waals surface area (Å²) in [7, 11) is 1.90. The standard InChI is InChI=1S/C8H12ClN/c1-6(5-10-3)7-4-8(7,2)9/h4,10H,1,5H2,2-3H3. The van der Waals surface area contributed by atoms with Crippen molar-refractivity contribution in [3.63, 3.8) is 0 Å². The Morgan fingerprint density at radius 2 is 2.40 bits per heavy atom. The van der Waals surface area contributed by atoms with E-state index in [4.69, 9.17) is 11.6 Å². The number of alkyl halides is 1. The molecule has 56 valence electrons. The van der Waals surface area contributed by atoms with Gasteiger partial charge >= 0.3 is 0 Å². The zero-order chi connectivity index (χ0) is 7.78. The molecule has 0 amide bonds. The van der Waals surface area contributed by atoms with Gasteiger partial charge in [0.1, 0.15) is 0 Å². The highest BCUT2D eigenvalue weighted by molar-refractivity contribution is 6.30. The van der Waals surface area contributed by atoms with E-state index in [9.17, 15) is 0 Å². The number of nitrogens with one attached hydrogen (secondary N) is 1. The lowest BCUT2D eigenvalue weighted by molar-refractivity contribution is 0.883. The van der Waals surface area contributed by atoms with Gasteiger partial charge in [-0.1, -0.05) is 12.7 Å². The lowest BCUT2D eigenvalue weighted by Crippen LogP contribution is -2.11.